The molecule has 2 fully saturated rings. The maximum atomic E-state index is 16.4. The van der Waals surface area contributed by atoms with E-state index < -0.39 is 254 Å². The third-order valence-electron chi connectivity index (χ3n) is 22.1. The second-order valence-electron chi connectivity index (χ2n) is 32.3. The lowest BCUT2D eigenvalue weighted by Gasteiger charge is -2.48. The molecular formula is C86H99Cl3N14O26. The summed E-state index contributed by atoms with van der Waals surface area (Å²) in [6.45, 7) is 6.01. The van der Waals surface area contributed by atoms with E-state index in [0.717, 1.165) is 60.7 Å². The molecule has 0 saturated carbocycles. The van der Waals surface area contributed by atoms with Crippen molar-refractivity contribution in [1.29, 1.82) is 0 Å². The minimum absolute atomic E-state index is 0.0342. The van der Waals surface area contributed by atoms with Crippen LogP contribution in [0, 0.1) is 5.92 Å². The second kappa shape index (κ2) is 41.8. The van der Waals surface area contributed by atoms with E-state index in [1.54, 1.807) is 45.3 Å². The zero-order valence-electron chi connectivity index (χ0n) is 70.4. The number of carbonyl (C=O) groups excluding carboxylic acids is 9. The number of ether oxygens (including phenoxy) is 6. The Balaban J connectivity index is 0.994. The summed E-state index contributed by atoms with van der Waals surface area (Å²) in [5.74, 6) is -16.1. The van der Waals surface area contributed by atoms with Gasteiger partial charge in [-0.3, -0.25) is 52.6 Å². The summed E-state index contributed by atoms with van der Waals surface area (Å²) >= 11 is 20.4. The largest absolute Gasteiger partial charge is 0.508 e. The van der Waals surface area contributed by atoms with Gasteiger partial charge >= 0.3 is 5.69 Å². The Bertz CT molecular complexity index is 5460. The standard InChI is InChI=1S/C86H99Cl3N14O26/c1-38(2)27-51(91-5)77(115)99-68-70(110)42-13-18-55(49(88)29-42)125-57-31-44-32-58(74(57)129-84-75(73(113)72(112)59(37-104)127-84)128-63-36-86(4,76(114)39(3)124-63)92-22-25-103-24-21-61(95-85(103)122)94-62(109)20-11-40-9-15-45(87)16-10-40)126-56-19-14-43(30-50(56)89)71(111)69-82(120)98-67(83(121)101-123-26-8-23-102(6)7)48-33-46(105)34-54(107)64(48)47-28-41(12-17-53(47)106)65(79(117)100-69)97-80(118)66(44)96-78(116)52(35-60(90)108)93-81(68)119/h9-21,24,28-34,38-39,51-52,59,63,65-73,75-76,84,91-92,104-107,110-114H,8,22-23,25-27,35-37H2,1-7H3,(H2,90,108)(H,93,119)(H,96,116)(H,97,118)(H,98,120)(H,99,115)(H,100,117)(H,101,121)(H,94,95,109,122)/b20-11+. The van der Waals surface area contributed by atoms with Crippen LogP contribution in [0.4, 0.5) is 5.82 Å². The molecule has 18 atom stereocenters. The van der Waals surface area contributed by atoms with E-state index in [0.29, 0.717) is 23.6 Å². The van der Waals surface area contributed by atoms with Gasteiger partial charge in [-0.05, 0) is 173 Å². The molecule has 0 spiro atoms. The number of nitrogens with one attached hydrogen (secondary N) is 10. The molecule has 9 amide bonds. The molecule has 0 radical (unpaired) electrons. The Labute approximate surface area is 752 Å². The van der Waals surface area contributed by atoms with Gasteiger partial charge in [-0.2, -0.15) is 4.98 Å². The molecule has 0 aliphatic carbocycles. The first-order valence-corrected chi connectivity index (χ1v) is 42.0. The molecule has 2 saturated heterocycles. The molecule has 11 bridgehead atoms. The SMILES string of the molecule is CNC(CC(C)C)C(=O)NC1C(=O)NC(CC(N)=O)C(=O)NC2C(=O)NC3C(=O)NC(C(=O)NC(C(=O)NOCCCN(C)C)c4cc(O)cc(O)c4-c4cc3ccc4O)C(O)c3ccc(c(Cl)c3)Oc3cc2cc(c3OC2OC(CO)C(O)C(O)C2OC2CC(C)(NCCn3ccc(NC(=O)/C=C/c4ccc(Cl)cc4)nc3=O)C(O)C(C)O2)Oc2ccc(cc2Cl)C1O. The number of aliphatic hydroxyl groups excluding tert-OH is 6. The third kappa shape index (κ3) is 23.0. The summed E-state index contributed by atoms with van der Waals surface area (Å²) in [7, 11) is 5.05. The summed E-state index contributed by atoms with van der Waals surface area (Å²) in [6, 6.07) is 7.76. The predicted octanol–water partition coefficient (Wildman–Crippen LogP) is 2.21. The fraction of sp³-hybridized carbons (Fsp3) is 0.407. The van der Waals surface area contributed by atoms with E-state index in [1.165, 1.54) is 61.2 Å². The first-order chi connectivity index (χ1) is 61.3. The summed E-state index contributed by atoms with van der Waals surface area (Å²) in [4.78, 5) is 158. The van der Waals surface area contributed by atoms with Crippen molar-refractivity contribution in [3.05, 3.63) is 180 Å². The van der Waals surface area contributed by atoms with Crippen LogP contribution in [0.3, 0.4) is 0 Å². The average molecular weight is 1850 g/mol. The molecule has 8 heterocycles. The Hall–Kier alpha value is -11.7. The van der Waals surface area contributed by atoms with Crippen molar-refractivity contribution in [2.45, 2.75) is 169 Å². The number of likely N-dealkylation sites (N-methyl/N-ethyl adjacent to an activating group) is 1. The highest BCUT2D eigenvalue weighted by atomic mass is 35.5. The van der Waals surface area contributed by atoms with Crippen LogP contribution in [0.2, 0.25) is 15.1 Å². The van der Waals surface area contributed by atoms with Crippen molar-refractivity contribution in [2.75, 3.05) is 52.8 Å². The third-order valence-corrected chi connectivity index (χ3v) is 22.9. The highest BCUT2D eigenvalue weighted by Gasteiger charge is 2.52. The van der Waals surface area contributed by atoms with Gasteiger partial charge in [-0.1, -0.05) is 79.0 Å². The van der Waals surface area contributed by atoms with E-state index in [1.807, 2.05) is 18.7 Å². The lowest BCUT2D eigenvalue weighted by Crippen LogP contribution is -2.65. The van der Waals surface area contributed by atoms with Gasteiger partial charge < -0.3 is 133 Å². The van der Waals surface area contributed by atoms with Crippen LogP contribution in [0.15, 0.2) is 126 Å². The van der Waals surface area contributed by atoms with Gasteiger partial charge in [0.15, 0.2) is 23.9 Å². The summed E-state index contributed by atoms with van der Waals surface area (Å²) in [6.07, 6.45) is -15.0. The minimum Gasteiger partial charge on any atom is -0.508 e. The fourth-order valence-corrected chi connectivity index (χ4v) is 15.9. The van der Waals surface area contributed by atoms with Crippen LogP contribution in [0.25, 0.3) is 17.2 Å². The maximum Gasteiger partial charge on any atom is 0.349 e. The van der Waals surface area contributed by atoms with Crippen molar-refractivity contribution in [3.8, 4) is 57.1 Å². The number of rotatable bonds is 25. The van der Waals surface area contributed by atoms with Gasteiger partial charge in [0.1, 0.15) is 101 Å². The van der Waals surface area contributed by atoms with Crippen molar-refractivity contribution in [2.24, 2.45) is 11.7 Å². The topological polar surface area (TPSA) is 585 Å². The average Bonchev–Trinajstić information content (AvgIpc) is 0.762. The van der Waals surface area contributed by atoms with Crippen LogP contribution in [-0.4, -0.2) is 240 Å². The van der Waals surface area contributed by atoms with Crippen molar-refractivity contribution >= 4 is 99.9 Å². The number of hydrogen-bond acceptors (Lipinski definition) is 30. The molecule has 129 heavy (non-hydrogen) atoms. The van der Waals surface area contributed by atoms with Gasteiger partial charge in [0.2, 0.25) is 59.3 Å². The fourth-order valence-electron chi connectivity index (χ4n) is 15.3. The number of halogens is 3. The quantitative estimate of drug-likeness (QED) is 0.0222. The smallest absolute Gasteiger partial charge is 0.349 e. The zero-order valence-corrected chi connectivity index (χ0v) is 72.7. The monoisotopic (exact) mass is 1850 g/mol. The van der Waals surface area contributed by atoms with Crippen LogP contribution in [-0.2, 0) is 68.7 Å². The highest BCUT2D eigenvalue weighted by molar-refractivity contribution is 6.32. The first kappa shape index (κ1) is 96.4. The number of aromatic nitrogens is 2. The van der Waals surface area contributed by atoms with E-state index in [9.17, 15) is 69.9 Å². The molecule has 21 N–H and O–H groups in total. The van der Waals surface area contributed by atoms with Crippen molar-refractivity contribution in [1.82, 2.24) is 62.5 Å². The Morgan fingerprint density at radius 3 is 2.02 bits per heavy atom. The molecule has 14 rings (SSSR count). The van der Waals surface area contributed by atoms with E-state index in [4.69, 9.17) is 73.8 Å². The number of amides is 9. The summed E-state index contributed by atoms with van der Waals surface area (Å²) < 4.78 is 40.7. The number of hydroxylamine groups is 1. The Morgan fingerprint density at radius 1 is 0.736 bits per heavy atom. The molecule has 1 aromatic heterocycles. The number of aliphatic hydroxyl groups is 6. The highest BCUT2D eigenvalue weighted by Crippen LogP contribution is 2.50. The van der Waals surface area contributed by atoms with Crippen molar-refractivity contribution < 1.29 is 122 Å². The lowest BCUT2D eigenvalue weighted by molar-refractivity contribution is -0.334. The van der Waals surface area contributed by atoms with Crippen LogP contribution < -0.4 is 79.0 Å². The normalized spacial score (nSPS) is 25.6. The maximum absolute atomic E-state index is 16.4. The molecule has 43 heteroatoms. The van der Waals surface area contributed by atoms with E-state index >= 15 is 24.0 Å². The van der Waals surface area contributed by atoms with Crippen molar-refractivity contribution in [3.63, 3.8) is 0 Å². The van der Waals surface area contributed by atoms with Gasteiger partial charge in [0.25, 0.3) is 5.91 Å². The number of hydrogen-bond donors (Lipinski definition) is 20. The number of carbonyl (C=O) groups is 9. The number of nitrogens with two attached hydrogens (primary N) is 1. The molecule has 18 unspecified atom stereocenters. The summed E-state index contributed by atoms with van der Waals surface area (Å²) in [5.41, 5.74) is 3.95. The van der Waals surface area contributed by atoms with E-state index in [2.05, 4.69) is 58.3 Å². The number of phenols is 3. The number of aromatic hydroxyl groups is 3. The zero-order chi connectivity index (χ0) is 93.3. The molecule has 690 valence electrons. The Morgan fingerprint density at radius 2 is 1.39 bits per heavy atom. The molecular weight excluding hydrogens is 1750 g/mol. The van der Waals surface area contributed by atoms with Crippen LogP contribution in [0.1, 0.15) is 117 Å². The number of nitrogens with zero attached hydrogens (tertiary/aromatic N) is 3. The van der Waals surface area contributed by atoms with Gasteiger partial charge in [0, 0.05) is 59.5 Å². The minimum atomic E-state index is -2.39. The molecule has 40 nitrogen and oxygen atoms in total. The van der Waals surface area contributed by atoms with Crippen LogP contribution in [0.5, 0.6) is 46.0 Å². The van der Waals surface area contributed by atoms with E-state index in [-0.39, 0.29) is 66.7 Å². The molecule has 7 aliphatic rings. The van der Waals surface area contributed by atoms with Gasteiger partial charge in [0.05, 0.1) is 47.9 Å². The van der Waals surface area contributed by atoms with Crippen LogP contribution >= 0.6 is 34.8 Å². The number of fused-ring (bicyclic) bond motifs is 15. The number of anilines is 1. The second-order valence-corrected chi connectivity index (χ2v) is 33.6. The van der Waals surface area contributed by atoms with Gasteiger partial charge in [-0.15, -0.1) is 0 Å². The lowest BCUT2D eigenvalue weighted by atomic mass is 9.85. The number of phenolic OH excluding ortho intramolecular Hbond substituents is 3. The molecule has 6 aromatic carbocycles. The number of benzene rings is 6. The predicted molar refractivity (Wildman–Crippen MR) is 460 cm³/mol. The van der Waals surface area contributed by atoms with Gasteiger partial charge in [-0.25, -0.2) is 10.3 Å². The first-order valence-electron chi connectivity index (χ1n) is 40.9. The molecule has 7 aromatic rings. The number of primary amides is 1. The molecule has 7 aliphatic heterocycles. The Kier molecular flexibility index (Phi) is 31.3. The summed E-state index contributed by atoms with van der Waals surface area (Å²) in [5, 5.41) is 130.